The summed E-state index contributed by atoms with van der Waals surface area (Å²) in [6.07, 6.45) is 4.88. The molecule has 1 N–H and O–H groups in total. The van der Waals surface area contributed by atoms with E-state index >= 15 is 0 Å². The second-order valence-electron chi connectivity index (χ2n) is 4.40. The highest BCUT2D eigenvalue weighted by Gasteiger charge is 2.02. The minimum atomic E-state index is 0.867. The molecule has 0 atom stereocenters. The lowest BCUT2D eigenvalue weighted by Crippen LogP contribution is -2.06. The van der Waals surface area contributed by atoms with Crippen LogP contribution in [0.5, 0.6) is 5.75 Å². The van der Waals surface area contributed by atoms with Gasteiger partial charge < -0.3 is 10.1 Å². The summed E-state index contributed by atoms with van der Waals surface area (Å²) in [4.78, 5) is 0. The van der Waals surface area contributed by atoms with Crippen LogP contribution in [0.2, 0.25) is 0 Å². The number of hydrogen-bond acceptors (Lipinski definition) is 3. The Hall–Kier alpha value is -1.97. The van der Waals surface area contributed by atoms with Crippen LogP contribution in [-0.2, 0) is 13.5 Å². The van der Waals surface area contributed by atoms with Gasteiger partial charge in [-0.2, -0.15) is 5.10 Å². The molecule has 0 radical (unpaired) electrons. The molecule has 18 heavy (non-hydrogen) atoms. The molecule has 1 aromatic heterocycles. The van der Waals surface area contributed by atoms with Crippen LogP contribution in [0, 0.1) is 6.92 Å². The number of anilines is 1. The van der Waals surface area contributed by atoms with E-state index in [1.54, 1.807) is 7.11 Å². The van der Waals surface area contributed by atoms with Crippen molar-refractivity contribution in [1.29, 1.82) is 0 Å². The predicted octanol–water partition coefficient (Wildman–Crippen LogP) is 2.39. The van der Waals surface area contributed by atoms with Gasteiger partial charge in [-0.3, -0.25) is 4.68 Å². The van der Waals surface area contributed by atoms with Crippen molar-refractivity contribution >= 4 is 5.69 Å². The van der Waals surface area contributed by atoms with E-state index in [1.165, 1.54) is 11.1 Å². The summed E-state index contributed by atoms with van der Waals surface area (Å²) in [5.74, 6) is 0.881. The minimum absolute atomic E-state index is 0.867. The zero-order chi connectivity index (χ0) is 13.0. The van der Waals surface area contributed by atoms with Crippen molar-refractivity contribution in [1.82, 2.24) is 9.78 Å². The lowest BCUT2D eigenvalue weighted by molar-refractivity contribution is 0.416. The summed E-state index contributed by atoms with van der Waals surface area (Å²) in [5, 5.41) is 7.56. The standard InChI is InChI=1S/C14H19N3O/c1-11-4-5-14(18-3)13(8-11)15-7-6-12-9-16-17(2)10-12/h4-5,8-10,15H,6-7H2,1-3H3. The first-order chi connectivity index (χ1) is 8.69. The number of benzene rings is 1. The summed E-state index contributed by atoms with van der Waals surface area (Å²) in [6, 6.07) is 6.13. The topological polar surface area (TPSA) is 39.1 Å². The Balaban J connectivity index is 1.95. The number of aromatic nitrogens is 2. The van der Waals surface area contributed by atoms with E-state index in [2.05, 4.69) is 23.4 Å². The van der Waals surface area contributed by atoms with Gasteiger partial charge >= 0.3 is 0 Å². The molecule has 4 heteroatoms. The van der Waals surface area contributed by atoms with Crippen molar-refractivity contribution < 1.29 is 4.74 Å². The molecule has 1 aromatic carbocycles. The number of nitrogens with zero attached hydrogens (tertiary/aromatic N) is 2. The fourth-order valence-corrected chi connectivity index (χ4v) is 1.90. The third kappa shape index (κ3) is 3.03. The van der Waals surface area contributed by atoms with E-state index < -0.39 is 0 Å². The molecular weight excluding hydrogens is 226 g/mol. The van der Waals surface area contributed by atoms with E-state index in [-0.39, 0.29) is 0 Å². The highest BCUT2D eigenvalue weighted by molar-refractivity contribution is 5.58. The lowest BCUT2D eigenvalue weighted by atomic mass is 10.2. The fourth-order valence-electron chi connectivity index (χ4n) is 1.90. The number of rotatable bonds is 5. The number of nitrogens with one attached hydrogen (secondary N) is 1. The van der Waals surface area contributed by atoms with Crippen LogP contribution in [-0.4, -0.2) is 23.4 Å². The van der Waals surface area contributed by atoms with Gasteiger partial charge in [0.05, 0.1) is 19.0 Å². The van der Waals surface area contributed by atoms with E-state index in [4.69, 9.17) is 4.74 Å². The van der Waals surface area contributed by atoms with Gasteiger partial charge in [0.2, 0.25) is 0 Å². The molecule has 1 heterocycles. The number of methoxy groups -OCH3 is 1. The molecule has 0 saturated heterocycles. The van der Waals surface area contributed by atoms with Crippen LogP contribution < -0.4 is 10.1 Å². The first-order valence-electron chi connectivity index (χ1n) is 6.05. The highest BCUT2D eigenvalue weighted by Crippen LogP contribution is 2.24. The fraction of sp³-hybridized carbons (Fsp3) is 0.357. The van der Waals surface area contributed by atoms with Gasteiger partial charge in [0.1, 0.15) is 5.75 Å². The van der Waals surface area contributed by atoms with Gasteiger partial charge in [-0.1, -0.05) is 6.07 Å². The summed E-state index contributed by atoms with van der Waals surface area (Å²) in [6.45, 7) is 2.94. The summed E-state index contributed by atoms with van der Waals surface area (Å²) < 4.78 is 7.15. The molecule has 96 valence electrons. The van der Waals surface area contributed by atoms with Crippen LogP contribution in [0.1, 0.15) is 11.1 Å². The SMILES string of the molecule is COc1ccc(C)cc1NCCc1cnn(C)c1. The molecular formula is C14H19N3O. The molecule has 0 fully saturated rings. The molecule has 2 rings (SSSR count). The molecule has 2 aromatic rings. The smallest absolute Gasteiger partial charge is 0.141 e. The van der Waals surface area contributed by atoms with Crippen LogP contribution in [0.25, 0.3) is 0 Å². The van der Waals surface area contributed by atoms with Crippen molar-refractivity contribution in [3.8, 4) is 5.75 Å². The zero-order valence-electron chi connectivity index (χ0n) is 11.1. The molecule has 0 saturated carbocycles. The van der Waals surface area contributed by atoms with Gasteiger partial charge in [0, 0.05) is 19.8 Å². The van der Waals surface area contributed by atoms with Gasteiger partial charge in [-0.15, -0.1) is 0 Å². The maximum Gasteiger partial charge on any atom is 0.141 e. The van der Waals surface area contributed by atoms with Gasteiger partial charge in [0.25, 0.3) is 0 Å². The Morgan fingerprint density at radius 1 is 1.39 bits per heavy atom. The van der Waals surface area contributed by atoms with Gasteiger partial charge in [0.15, 0.2) is 0 Å². The monoisotopic (exact) mass is 245 g/mol. The maximum atomic E-state index is 5.33. The Labute approximate surface area is 108 Å². The Morgan fingerprint density at radius 3 is 2.89 bits per heavy atom. The minimum Gasteiger partial charge on any atom is -0.495 e. The quantitative estimate of drug-likeness (QED) is 0.879. The number of aryl methyl sites for hydroxylation is 2. The van der Waals surface area contributed by atoms with Crippen molar-refractivity contribution in [2.24, 2.45) is 7.05 Å². The van der Waals surface area contributed by atoms with E-state index in [1.807, 2.05) is 36.3 Å². The Morgan fingerprint density at radius 2 is 2.22 bits per heavy atom. The Bertz CT molecular complexity index is 520. The van der Waals surface area contributed by atoms with Crippen LogP contribution in [0.4, 0.5) is 5.69 Å². The molecule has 0 aliphatic heterocycles. The van der Waals surface area contributed by atoms with Crippen molar-refractivity contribution in [2.45, 2.75) is 13.3 Å². The zero-order valence-corrected chi connectivity index (χ0v) is 11.1. The van der Waals surface area contributed by atoms with Crippen molar-refractivity contribution in [2.75, 3.05) is 19.0 Å². The number of hydrogen-bond donors (Lipinski definition) is 1. The average molecular weight is 245 g/mol. The van der Waals surface area contributed by atoms with Gasteiger partial charge in [-0.05, 0) is 36.6 Å². The predicted molar refractivity (Wildman–Crippen MR) is 73.1 cm³/mol. The number of ether oxygens (including phenoxy) is 1. The molecule has 0 unspecified atom stereocenters. The van der Waals surface area contributed by atoms with Crippen molar-refractivity contribution in [3.63, 3.8) is 0 Å². The van der Waals surface area contributed by atoms with E-state index in [0.717, 1.165) is 24.4 Å². The highest BCUT2D eigenvalue weighted by atomic mass is 16.5. The van der Waals surface area contributed by atoms with Crippen LogP contribution in [0.3, 0.4) is 0 Å². The second-order valence-corrected chi connectivity index (χ2v) is 4.40. The van der Waals surface area contributed by atoms with Crippen molar-refractivity contribution in [3.05, 3.63) is 41.7 Å². The average Bonchev–Trinajstić information content (AvgIpc) is 2.75. The van der Waals surface area contributed by atoms with Crippen LogP contribution >= 0.6 is 0 Å². The van der Waals surface area contributed by atoms with E-state index in [0.29, 0.717) is 0 Å². The van der Waals surface area contributed by atoms with Gasteiger partial charge in [-0.25, -0.2) is 0 Å². The first-order valence-corrected chi connectivity index (χ1v) is 6.05. The molecule has 0 aliphatic carbocycles. The second kappa shape index (κ2) is 5.58. The summed E-state index contributed by atoms with van der Waals surface area (Å²) in [5.41, 5.74) is 3.50. The third-order valence-corrected chi connectivity index (χ3v) is 2.84. The molecule has 0 aliphatic rings. The van der Waals surface area contributed by atoms with E-state index in [9.17, 15) is 0 Å². The summed E-state index contributed by atoms with van der Waals surface area (Å²) in [7, 11) is 3.62. The Kier molecular flexibility index (Phi) is 3.87. The molecule has 0 amide bonds. The maximum absolute atomic E-state index is 5.33. The largest absolute Gasteiger partial charge is 0.495 e. The molecule has 0 bridgehead atoms. The molecule has 0 spiro atoms. The summed E-state index contributed by atoms with van der Waals surface area (Å²) >= 11 is 0. The third-order valence-electron chi connectivity index (χ3n) is 2.84. The normalized spacial score (nSPS) is 10.4. The first kappa shape index (κ1) is 12.5. The lowest BCUT2D eigenvalue weighted by Gasteiger charge is -2.11. The molecule has 4 nitrogen and oxygen atoms in total. The van der Waals surface area contributed by atoms with Crippen LogP contribution in [0.15, 0.2) is 30.6 Å².